The van der Waals surface area contributed by atoms with Crippen LogP contribution in [-0.2, 0) is 9.30 Å². The molecule has 0 aromatic rings. The summed E-state index contributed by atoms with van der Waals surface area (Å²) in [6, 6.07) is -0.825. The van der Waals surface area contributed by atoms with Crippen molar-refractivity contribution in [2.24, 2.45) is 0 Å². The summed E-state index contributed by atoms with van der Waals surface area (Å²) in [6.07, 6.45) is 0.903. The van der Waals surface area contributed by atoms with Gasteiger partial charge in [-0.3, -0.25) is 4.57 Å². The largest absolute Gasteiger partial charge is 0.388 e. The molecule has 0 unspecified atom stereocenters. The first kappa shape index (κ1) is 11.9. The van der Waals surface area contributed by atoms with Crippen LogP contribution in [0.15, 0.2) is 11.9 Å². The molecule has 3 N–H and O–H groups in total. The van der Waals surface area contributed by atoms with E-state index in [0.717, 1.165) is 5.82 Å². The maximum atomic E-state index is 10.5. The third kappa shape index (κ3) is 3.22. The quantitative estimate of drug-likeness (QED) is 0.438. The van der Waals surface area contributed by atoms with Crippen LogP contribution in [-0.4, -0.2) is 40.4 Å². The molecule has 0 aliphatic carbocycles. The minimum absolute atomic E-state index is 0.227. The number of hydrogen-bond acceptors (Lipinski definition) is 3. The van der Waals surface area contributed by atoms with E-state index in [1.807, 2.05) is 0 Å². The summed E-state index contributed by atoms with van der Waals surface area (Å²) in [6.45, 7) is 1.52. The van der Waals surface area contributed by atoms with E-state index in [1.165, 1.54) is 13.0 Å². The first-order chi connectivity index (χ1) is 6.21. The Bertz CT molecular complexity index is 284. The first-order valence-electron chi connectivity index (χ1n) is 4.09. The van der Waals surface area contributed by atoms with Gasteiger partial charge in [0.2, 0.25) is 0 Å². The summed E-state index contributed by atoms with van der Waals surface area (Å²) in [5.74, 6) is 0.756. The maximum Gasteiger partial charge on any atom is 0.348 e. The predicted octanol–water partition coefficient (Wildman–Crippen LogP) is -0.288. The molecule has 0 spiro atoms. The van der Waals surface area contributed by atoms with Crippen molar-refractivity contribution in [2.75, 3.05) is 0 Å². The average molecular weight is 218 g/mol. The van der Waals surface area contributed by atoms with Crippen molar-refractivity contribution in [3.8, 4) is 0 Å². The highest BCUT2D eigenvalue weighted by molar-refractivity contribution is 7.55. The highest BCUT2D eigenvalue weighted by Crippen LogP contribution is 2.38. The van der Waals surface area contributed by atoms with Crippen LogP contribution in [0.25, 0.3) is 0 Å². The Morgan fingerprint density at radius 3 is 2.57 bits per heavy atom. The Morgan fingerprint density at radius 1 is 1.64 bits per heavy atom. The molecule has 1 aliphatic heterocycles. The lowest BCUT2D eigenvalue weighted by atomic mass is 9.84. The number of rotatable bonds is 2. The van der Waals surface area contributed by atoms with Crippen LogP contribution < -0.4 is 0 Å². The van der Waals surface area contributed by atoms with Gasteiger partial charge in [0, 0.05) is 18.2 Å². The summed E-state index contributed by atoms with van der Waals surface area (Å²) < 4.78 is 15.6. The lowest BCUT2D eigenvalue weighted by Gasteiger charge is -2.19. The van der Waals surface area contributed by atoms with Gasteiger partial charge in [-0.05, 0) is 13.0 Å². The highest BCUT2D eigenvalue weighted by Gasteiger charge is 2.39. The van der Waals surface area contributed by atoms with Gasteiger partial charge in [0.15, 0.2) is 0 Å². The van der Waals surface area contributed by atoms with Crippen molar-refractivity contribution in [3.63, 3.8) is 0 Å². The standard InChI is InChI=1S/C7H12BO5P/c1-7(9)4-5(13-6(7)8)2-3-14(10,11)12/h2-3,5-6,9H,4H2,1H3,(H2,10,11,12)/b3-2+/t5-,6-,7-/m1/s1. The van der Waals surface area contributed by atoms with E-state index in [9.17, 15) is 9.67 Å². The average Bonchev–Trinajstić information content (AvgIpc) is 2.21. The topological polar surface area (TPSA) is 87.0 Å². The van der Waals surface area contributed by atoms with Crippen molar-refractivity contribution in [2.45, 2.75) is 31.1 Å². The Balaban J connectivity index is 2.60. The molecule has 0 saturated carbocycles. The third-order valence-electron chi connectivity index (χ3n) is 2.04. The molecule has 78 valence electrons. The molecule has 1 heterocycles. The zero-order valence-electron chi connectivity index (χ0n) is 7.70. The fraction of sp³-hybridized carbons (Fsp3) is 0.714. The molecule has 0 bridgehead atoms. The van der Waals surface area contributed by atoms with Gasteiger partial charge in [-0.25, -0.2) is 0 Å². The van der Waals surface area contributed by atoms with Gasteiger partial charge in [-0.15, -0.1) is 0 Å². The van der Waals surface area contributed by atoms with E-state index in [2.05, 4.69) is 0 Å². The molecule has 0 aromatic carbocycles. The van der Waals surface area contributed by atoms with Crippen LogP contribution in [0.5, 0.6) is 0 Å². The lowest BCUT2D eigenvalue weighted by Crippen LogP contribution is -2.34. The zero-order chi connectivity index (χ0) is 11.0. The van der Waals surface area contributed by atoms with E-state index in [4.69, 9.17) is 22.4 Å². The van der Waals surface area contributed by atoms with Gasteiger partial charge in [0.1, 0.15) is 7.85 Å². The van der Waals surface area contributed by atoms with Crippen LogP contribution in [0.2, 0.25) is 0 Å². The van der Waals surface area contributed by atoms with Crippen molar-refractivity contribution in [3.05, 3.63) is 11.9 Å². The van der Waals surface area contributed by atoms with Gasteiger partial charge in [-0.2, -0.15) is 0 Å². The van der Waals surface area contributed by atoms with Crippen molar-refractivity contribution in [1.82, 2.24) is 0 Å². The molecular formula is C7H12BO5P. The number of ether oxygens (including phenoxy) is 1. The maximum absolute atomic E-state index is 10.5. The van der Waals surface area contributed by atoms with E-state index in [-0.39, 0.29) is 6.42 Å². The van der Waals surface area contributed by atoms with Crippen LogP contribution in [0.4, 0.5) is 0 Å². The summed E-state index contributed by atoms with van der Waals surface area (Å²) in [4.78, 5) is 17.1. The van der Waals surface area contributed by atoms with Crippen molar-refractivity contribution >= 4 is 15.4 Å². The van der Waals surface area contributed by atoms with Gasteiger partial charge in [0.25, 0.3) is 0 Å². The molecule has 14 heavy (non-hydrogen) atoms. The predicted molar refractivity (Wildman–Crippen MR) is 50.8 cm³/mol. The van der Waals surface area contributed by atoms with Crippen LogP contribution in [0.3, 0.4) is 0 Å². The molecule has 1 fully saturated rings. The van der Waals surface area contributed by atoms with Crippen molar-refractivity contribution in [1.29, 1.82) is 0 Å². The molecule has 1 rings (SSSR count). The lowest BCUT2D eigenvalue weighted by molar-refractivity contribution is 0.0144. The van der Waals surface area contributed by atoms with E-state index >= 15 is 0 Å². The Labute approximate surface area is 83.3 Å². The Kier molecular flexibility index (Phi) is 3.24. The smallest absolute Gasteiger partial charge is 0.348 e. The second-order valence-corrected chi connectivity index (χ2v) is 5.06. The van der Waals surface area contributed by atoms with Crippen molar-refractivity contribution < 1.29 is 24.2 Å². The molecule has 1 saturated heterocycles. The highest BCUT2D eigenvalue weighted by atomic mass is 31.2. The summed E-state index contributed by atoms with van der Waals surface area (Å²) >= 11 is 0. The SMILES string of the molecule is [B][C@@H]1O[C@H](/C=C/P(=O)(O)O)C[C@@]1(C)O. The Hall–Kier alpha value is -0.125. The van der Waals surface area contributed by atoms with Crippen LogP contribution in [0.1, 0.15) is 13.3 Å². The van der Waals surface area contributed by atoms with Gasteiger partial charge in [0.05, 0.1) is 11.7 Å². The first-order valence-corrected chi connectivity index (χ1v) is 5.77. The van der Waals surface area contributed by atoms with Gasteiger partial charge in [-0.1, -0.05) is 0 Å². The minimum Gasteiger partial charge on any atom is -0.388 e. The minimum atomic E-state index is -4.16. The fourth-order valence-corrected chi connectivity index (χ4v) is 1.64. The molecule has 5 nitrogen and oxygen atoms in total. The second kappa shape index (κ2) is 3.79. The van der Waals surface area contributed by atoms with E-state index < -0.39 is 25.3 Å². The molecule has 7 heteroatoms. The van der Waals surface area contributed by atoms with E-state index in [0.29, 0.717) is 0 Å². The third-order valence-corrected chi connectivity index (χ3v) is 2.60. The summed E-state index contributed by atoms with van der Waals surface area (Å²) in [7, 11) is 1.28. The van der Waals surface area contributed by atoms with Crippen LogP contribution in [0, 0.1) is 0 Å². The second-order valence-electron chi connectivity index (χ2n) is 3.59. The fourth-order valence-electron chi connectivity index (χ4n) is 1.23. The number of hydrogen-bond donors (Lipinski definition) is 3. The van der Waals surface area contributed by atoms with Gasteiger partial charge >= 0.3 is 7.60 Å². The normalized spacial score (nSPS) is 39.4. The molecule has 0 amide bonds. The summed E-state index contributed by atoms with van der Waals surface area (Å²) in [5.41, 5.74) is -1.15. The molecule has 3 atom stereocenters. The Morgan fingerprint density at radius 2 is 2.21 bits per heavy atom. The molecule has 0 aromatic heterocycles. The molecule has 2 radical (unpaired) electrons. The van der Waals surface area contributed by atoms with Gasteiger partial charge < -0.3 is 19.6 Å². The zero-order valence-corrected chi connectivity index (χ0v) is 8.59. The van der Waals surface area contributed by atoms with Crippen LogP contribution >= 0.6 is 7.60 Å². The molecular weight excluding hydrogens is 206 g/mol. The number of aliphatic hydroxyl groups is 1. The summed E-state index contributed by atoms with van der Waals surface area (Å²) in [5, 5.41) is 9.58. The monoisotopic (exact) mass is 218 g/mol. The van der Waals surface area contributed by atoms with E-state index in [1.54, 1.807) is 0 Å². The molecule has 1 aliphatic rings.